The molecule has 1 fully saturated rings. The average Bonchev–Trinajstić information content (AvgIpc) is 2.67. The molecule has 1 amide bonds. The molecule has 27 heavy (non-hydrogen) atoms. The summed E-state index contributed by atoms with van der Waals surface area (Å²) in [5.74, 6) is -0.358. The minimum Gasteiger partial charge on any atom is -0.445 e. The van der Waals surface area contributed by atoms with Gasteiger partial charge in [0.2, 0.25) is 0 Å². The topological polar surface area (TPSA) is 65.4 Å². The maximum atomic E-state index is 13.4. The number of hydrogen-bond donors (Lipinski definition) is 1. The number of amides is 1. The summed E-state index contributed by atoms with van der Waals surface area (Å²) in [6.07, 6.45) is 0.481. The van der Waals surface area contributed by atoms with Crippen LogP contribution in [0.3, 0.4) is 0 Å². The Morgan fingerprint density at radius 3 is 2.78 bits per heavy atom. The fourth-order valence-corrected chi connectivity index (χ4v) is 3.41. The minimum absolute atomic E-state index is 0.178. The van der Waals surface area contributed by atoms with E-state index in [1.807, 2.05) is 37.3 Å². The standard InChI is InChI=1S/C21H22FN3O2/c1-16-13-21(15-23,24-19-9-5-8-18(22)12-19)10-11-25(16)20(26)27-14-17-6-3-2-4-7-17/h2-9,12,16,24H,10-11,13-14H2,1H3/t16-,21+/m0/s1. The van der Waals surface area contributed by atoms with Crippen LogP contribution in [0.5, 0.6) is 0 Å². The Morgan fingerprint density at radius 1 is 1.33 bits per heavy atom. The Labute approximate surface area is 158 Å². The molecule has 6 heteroatoms. The molecule has 1 N–H and O–H groups in total. The van der Waals surface area contributed by atoms with Crippen molar-refractivity contribution in [1.82, 2.24) is 4.90 Å². The Kier molecular flexibility index (Phi) is 5.60. The second-order valence-corrected chi connectivity index (χ2v) is 6.87. The lowest BCUT2D eigenvalue weighted by Crippen LogP contribution is -2.54. The molecule has 0 aliphatic carbocycles. The van der Waals surface area contributed by atoms with E-state index in [4.69, 9.17) is 4.74 Å². The first-order valence-electron chi connectivity index (χ1n) is 8.94. The van der Waals surface area contributed by atoms with Gasteiger partial charge in [0.15, 0.2) is 0 Å². The second-order valence-electron chi connectivity index (χ2n) is 6.87. The average molecular weight is 367 g/mol. The quantitative estimate of drug-likeness (QED) is 0.874. The third kappa shape index (κ3) is 4.56. The van der Waals surface area contributed by atoms with Crippen LogP contribution in [0.15, 0.2) is 54.6 Å². The lowest BCUT2D eigenvalue weighted by Gasteiger charge is -2.42. The number of nitrogens with zero attached hydrogens (tertiary/aromatic N) is 2. The molecule has 3 rings (SSSR count). The van der Waals surface area contributed by atoms with Gasteiger partial charge in [0.05, 0.1) is 6.07 Å². The van der Waals surface area contributed by atoms with E-state index >= 15 is 0 Å². The number of benzene rings is 2. The molecule has 2 atom stereocenters. The van der Waals surface area contributed by atoms with E-state index in [0.717, 1.165) is 5.56 Å². The molecule has 2 aromatic carbocycles. The van der Waals surface area contributed by atoms with Crippen LogP contribution in [0.1, 0.15) is 25.3 Å². The van der Waals surface area contributed by atoms with E-state index in [9.17, 15) is 14.4 Å². The minimum atomic E-state index is -0.844. The first-order valence-corrected chi connectivity index (χ1v) is 8.94. The van der Waals surface area contributed by atoms with Crippen molar-refractivity contribution in [1.29, 1.82) is 5.26 Å². The monoisotopic (exact) mass is 367 g/mol. The SMILES string of the molecule is C[C@H]1C[C@](C#N)(Nc2cccc(F)c2)CCN1C(=O)OCc1ccccc1. The van der Waals surface area contributed by atoms with Crippen LogP contribution in [-0.2, 0) is 11.3 Å². The number of hydrogen-bond acceptors (Lipinski definition) is 4. The number of rotatable bonds is 4. The first kappa shape index (κ1) is 18.7. The maximum Gasteiger partial charge on any atom is 0.410 e. The van der Waals surface area contributed by atoms with E-state index in [1.54, 1.807) is 17.0 Å². The van der Waals surface area contributed by atoms with Crippen LogP contribution in [0.4, 0.5) is 14.9 Å². The van der Waals surface area contributed by atoms with Crippen molar-refractivity contribution in [3.05, 3.63) is 66.0 Å². The summed E-state index contributed by atoms with van der Waals surface area (Å²) in [7, 11) is 0. The molecular formula is C21H22FN3O2. The van der Waals surface area contributed by atoms with Gasteiger partial charge < -0.3 is 15.0 Å². The molecule has 2 aromatic rings. The number of piperidine rings is 1. The van der Waals surface area contributed by atoms with Gasteiger partial charge in [0.1, 0.15) is 18.0 Å². The number of likely N-dealkylation sites (tertiary alicyclic amines) is 1. The van der Waals surface area contributed by atoms with Crippen molar-refractivity contribution in [2.24, 2.45) is 0 Å². The van der Waals surface area contributed by atoms with Gasteiger partial charge in [-0.1, -0.05) is 36.4 Å². The van der Waals surface area contributed by atoms with Crippen molar-refractivity contribution in [2.75, 3.05) is 11.9 Å². The summed E-state index contributed by atoms with van der Waals surface area (Å²) >= 11 is 0. The summed E-state index contributed by atoms with van der Waals surface area (Å²) in [6.45, 7) is 2.50. The van der Waals surface area contributed by atoms with Crippen molar-refractivity contribution >= 4 is 11.8 Å². The third-order valence-electron chi connectivity index (χ3n) is 4.82. The molecule has 0 aromatic heterocycles. The van der Waals surface area contributed by atoms with Gasteiger partial charge in [-0.3, -0.25) is 0 Å². The zero-order valence-electron chi connectivity index (χ0n) is 15.2. The van der Waals surface area contributed by atoms with Crippen molar-refractivity contribution < 1.29 is 13.9 Å². The molecule has 0 unspecified atom stereocenters. The van der Waals surface area contributed by atoms with E-state index in [0.29, 0.717) is 25.1 Å². The number of nitriles is 1. The summed E-state index contributed by atoms with van der Waals surface area (Å²) < 4.78 is 18.8. The molecule has 1 aliphatic rings. The predicted molar refractivity (Wildman–Crippen MR) is 100 cm³/mol. The van der Waals surface area contributed by atoms with Crippen molar-refractivity contribution in [3.63, 3.8) is 0 Å². The second kappa shape index (κ2) is 8.09. The highest BCUT2D eigenvalue weighted by Gasteiger charge is 2.40. The number of carbonyl (C=O) groups is 1. The lowest BCUT2D eigenvalue weighted by molar-refractivity contribution is 0.0651. The van der Waals surface area contributed by atoms with Crippen molar-refractivity contribution in [3.8, 4) is 6.07 Å². The smallest absolute Gasteiger partial charge is 0.410 e. The molecule has 0 saturated carbocycles. The molecule has 0 radical (unpaired) electrons. The van der Waals surface area contributed by atoms with Gasteiger partial charge in [-0.2, -0.15) is 5.26 Å². The van der Waals surface area contributed by atoms with Crippen LogP contribution >= 0.6 is 0 Å². The zero-order valence-corrected chi connectivity index (χ0v) is 15.2. The van der Waals surface area contributed by atoms with Crippen LogP contribution in [0.2, 0.25) is 0 Å². The van der Waals surface area contributed by atoms with Crippen molar-refractivity contribution in [2.45, 2.75) is 38.0 Å². The van der Waals surface area contributed by atoms with Gasteiger partial charge in [0, 0.05) is 31.1 Å². The normalized spacial score (nSPS) is 22.0. The van der Waals surface area contributed by atoms with Crippen LogP contribution < -0.4 is 5.32 Å². The van der Waals surface area contributed by atoms with Crippen LogP contribution in [0, 0.1) is 17.1 Å². The molecule has 1 heterocycles. The number of ether oxygens (including phenoxy) is 1. The Balaban J connectivity index is 1.61. The summed E-state index contributed by atoms with van der Waals surface area (Å²) in [6, 6.07) is 17.7. The molecule has 5 nitrogen and oxygen atoms in total. The van der Waals surface area contributed by atoms with Crippen LogP contribution in [0.25, 0.3) is 0 Å². The van der Waals surface area contributed by atoms with Gasteiger partial charge >= 0.3 is 6.09 Å². The highest BCUT2D eigenvalue weighted by Crippen LogP contribution is 2.31. The van der Waals surface area contributed by atoms with Gasteiger partial charge in [0.25, 0.3) is 0 Å². The van der Waals surface area contributed by atoms with E-state index < -0.39 is 5.54 Å². The molecule has 0 bridgehead atoms. The zero-order chi connectivity index (χ0) is 19.3. The van der Waals surface area contributed by atoms with E-state index in [-0.39, 0.29) is 24.6 Å². The Morgan fingerprint density at radius 2 is 2.11 bits per heavy atom. The van der Waals surface area contributed by atoms with Gasteiger partial charge in [-0.25, -0.2) is 9.18 Å². The first-order chi connectivity index (χ1) is 13.0. The summed E-state index contributed by atoms with van der Waals surface area (Å²) in [5, 5.41) is 12.9. The fraction of sp³-hybridized carbons (Fsp3) is 0.333. The lowest BCUT2D eigenvalue weighted by atomic mass is 9.84. The molecule has 1 saturated heterocycles. The highest BCUT2D eigenvalue weighted by molar-refractivity contribution is 5.68. The maximum absolute atomic E-state index is 13.4. The largest absolute Gasteiger partial charge is 0.445 e. The van der Waals surface area contributed by atoms with E-state index in [2.05, 4.69) is 11.4 Å². The van der Waals surface area contributed by atoms with Gasteiger partial charge in [-0.05, 0) is 30.7 Å². The molecular weight excluding hydrogens is 345 g/mol. The molecule has 1 aliphatic heterocycles. The summed E-state index contributed by atoms with van der Waals surface area (Å²) in [4.78, 5) is 14.1. The Hall–Kier alpha value is -3.07. The Bertz CT molecular complexity index is 837. The van der Waals surface area contributed by atoms with Crippen LogP contribution in [-0.4, -0.2) is 29.1 Å². The summed E-state index contributed by atoms with van der Waals surface area (Å²) in [5.41, 5.74) is 0.641. The number of anilines is 1. The molecule has 0 spiro atoms. The number of halogens is 1. The predicted octanol–water partition coefficient (Wildman–Crippen LogP) is 4.32. The highest BCUT2D eigenvalue weighted by atomic mass is 19.1. The molecule has 140 valence electrons. The fourth-order valence-electron chi connectivity index (χ4n) is 3.41. The van der Waals surface area contributed by atoms with E-state index in [1.165, 1.54) is 12.1 Å². The third-order valence-corrected chi connectivity index (χ3v) is 4.82. The number of carbonyl (C=O) groups excluding carboxylic acids is 1. The number of nitrogens with one attached hydrogen (secondary N) is 1. The van der Waals surface area contributed by atoms with Gasteiger partial charge in [-0.15, -0.1) is 0 Å².